The van der Waals surface area contributed by atoms with Crippen LogP contribution in [-0.4, -0.2) is 54.8 Å². The van der Waals surface area contributed by atoms with Crippen molar-refractivity contribution in [2.45, 2.75) is 18.9 Å². The number of hydrogen-bond acceptors (Lipinski definition) is 5. The normalized spacial score (nSPS) is 25.1. The molecule has 0 spiro atoms. The Morgan fingerprint density at radius 3 is 2.79 bits per heavy atom. The molecule has 1 aliphatic rings. The van der Waals surface area contributed by atoms with Crippen molar-refractivity contribution in [3.63, 3.8) is 0 Å². The van der Waals surface area contributed by atoms with E-state index in [9.17, 15) is 13.6 Å². The van der Waals surface area contributed by atoms with Crippen LogP contribution in [0, 0.1) is 0 Å². The molecule has 1 heterocycles. The van der Waals surface area contributed by atoms with E-state index in [0.29, 0.717) is 32.6 Å². The van der Waals surface area contributed by atoms with Gasteiger partial charge in [0.1, 0.15) is 0 Å². The predicted molar refractivity (Wildman–Crippen MR) is 48.7 cm³/mol. The molecule has 0 amide bonds. The molecule has 0 aromatic carbocycles. The Balaban J connectivity index is 2.23. The van der Waals surface area contributed by atoms with Crippen molar-refractivity contribution >= 4 is 10.1 Å². The van der Waals surface area contributed by atoms with E-state index in [2.05, 4.69) is 0 Å². The van der Waals surface area contributed by atoms with Gasteiger partial charge in [-0.15, -0.1) is 0 Å². The fraction of sp³-hybridized carbons (Fsp3) is 1.00. The molecule has 1 saturated heterocycles. The van der Waals surface area contributed by atoms with Gasteiger partial charge in [0, 0.05) is 6.54 Å². The number of hydrogen-bond donors (Lipinski definition) is 2. The lowest BCUT2D eigenvalue weighted by Gasteiger charge is -2.30. The lowest BCUT2D eigenvalue weighted by atomic mass is 10.1. The molecule has 1 rings (SSSR count). The molecule has 0 aromatic rings. The van der Waals surface area contributed by atoms with Gasteiger partial charge >= 0.3 is 0 Å². The Hall–Kier alpha value is -0.210. The summed E-state index contributed by atoms with van der Waals surface area (Å²) in [6.07, 6.45) is 0.820. The summed E-state index contributed by atoms with van der Waals surface area (Å²) in [6, 6.07) is -0.162. The van der Waals surface area contributed by atoms with Crippen molar-refractivity contribution in [3.05, 3.63) is 0 Å². The fourth-order valence-corrected chi connectivity index (χ4v) is 1.91. The first-order valence-corrected chi connectivity index (χ1v) is 6.08. The Morgan fingerprint density at radius 2 is 2.21 bits per heavy atom. The molecule has 1 unspecified atom stereocenters. The van der Waals surface area contributed by atoms with Gasteiger partial charge in [-0.2, -0.15) is 13.5 Å². The highest BCUT2D eigenvalue weighted by Crippen LogP contribution is 2.10. The second-order valence-electron chi connectivity index (χ2n) is 3.32. The number of nitrogens with zero attached hydrogens (tertiary/aromatic N) is 1. The smallest absolute Gasteiger partial charge is 0.264 e. The molecule has 0 saturated carbocycles. The van der Waals surface area contributed by atoms with E-state index >= 15 is 0 Å². The van der Waals surface area contributed by atoms with Crippen LogP contribution in [0.2, 0.25) is 0 Å². The van der Waals surface area contributed by atoms with Crippen LogP contribution in [-0.2, 0) is 14.9 Å². The van der Waals surface area contributed by atoms with Gasteiger partial charge in [-0.25, -0.2) is 0 Å². The Labute approximate surface area is 83.2 Å². The first-order valence-electron chi connectivity index (χ1n) is 4.47. The molecule has 14 heavy (non-hydrogen) atoms. The van der Waals surface area contributed by atoms with Crippen molar-refractivity contribution in [3.8, 4) is 0 Å². The Morgan fingerprint density at radius 1 is 1.50 bits per heavy atom. The second kappa shape index (κ2) is 5.04. The summed E-state index contributed by atoms with van der Waals surface area (Å²) >= 11 is 0. The molecule has 0 bridgehead atoms. The van der Waals surface area contributed by atoms with Crippen LogP contribution in [0.4, 0.5) is 0 Å². The molecule has 6 nitrogen and oxygen atoms in total. The minimum atomic E-state index is -3.88. The minimum Gasteiger partial charge on any atom is -0.378 e. The highest BCUT2D eigenvalue weighted by atomic mass is 32.2. The molecule has 1 atom stereocenters. The molecule has 84 valence electrons. The fourth-order valence-electron chi connectivity index (χ4n) is 1.38. The van der Waals surface area contributed by atoms with Crippen molar-refractivity contribution in [2.75, 3.05) is 25.5 Å². The summed E-state index contributed by atoms with van der Waals surface area (Å²) in [6.45, 7) is 1.34. The lowest BCUT2D eigenvalue weighted by Crippen LogP contribution is -2.43. The zero-order valence-corrected chi connectivity index (χ0v) is 8.61. The van der Waals surface area contributed by atoms with Crippen LogP contribution in [0.5, 0.6) is 0 Å². The molecule has 0 radical (unpaired) electrons. The first-order chi connectivity index (χ1) is 6.49. The van der Waals surface area contributed by atoms with Crippen LogP contribution >= 0.6 is 0 Å². The summed E-state index contributed by atoms with van der Waals surface area (Å²) in [5.74, 6) is -0.267. The molecular formula is C7H15NO5S. The highest BCUT2D eigenvalue weighted by molar-refractivity contribution is 7.85. The molecule has 1 fully saturated rings. The zero-order valence-electron chi connectivity index (χ0n) is 7.79. The molecular weight excluding hydrogens is 210 g/mol. The molecule has 0 aromatic heterocycles. The van der Waals surface area contributed by atoms with Gasteiger partial charge < -0.3 is 9.94 Å². The van der Waals surface area contributed by atoms with E-state index in [-0.39, 0.29) is 11.8 Å². The monoisotopic (exact) mass is 225 g/mol. The van der Waals surface area contributed by atoms with Crippen LogP contribution in [0.25, 0.3) is 0 Å². The quantitative estimate of drug-likeness (QED) is 0.641. The third-order valence-corrected chi connectivity index (χ3v) is 2.94. The van der Waals surface area contributed by atoms with Crippen molar-refractivity contribution < 1.29 is 22.9 Å². The average molecular weight is 225 g/mol. The number of morpholine rings is 1. The van der Waals surface area contributed by atoms with Gasteiger partial charge in [0.2, 0.25) is 0 Å². The first kappa shape index (κ1) is 11.9. The number of rotatable bonds is 4. The topological polar surface area (TPSA) is 87.1 Å². The van der Waals surface area contributed by atoms with E-state index in [0.717, 1.165) is 5.06 Å². The van der Waals surface area contributed by atoms with Crippen LogP contribution in [0.1, 0.15) is 12.8 Å². The minimum absolute atomic E-state index is 0.162. The number of ether oxygens (including phenoxy) is 1. The van der Waals surface area contributed by atoms with E-state index < -0.39 is 10.1 Å². The highest BCUT2D eigenvalue weighted by Gasteiger charge is 2.21. The van der Waals surface area contributed by atoms with Gasteiger partial charge in [-0.3, -0.25) is 4.55 Å². The Bertz CT molecular complexity index is 265. The number of hydroxylamine groups is 2. The summed E-state index contributed by atoms with van der Waals surface area (Å²) in [4.78, 5) is 0. The zero-order chi connectivity index (χ0) is 10.6. The van der Waals surface area contributed by atoms with Crippen molar-refractivity contribution in [1.29, 1.82) is 0 Å². The molecule has 0 aliphatic carbocycles. The SMILES string of the molecule is O=S(=O)(O)CCCC1COCCN1O. The van der Waals surface area contributed by atoms with Gasteiger partial charge in [0.15, 0.2) is 0 Å². The summed E-state index contributed by atoms with van der Waals surface area (Å²) in [5.41, 5.74) is 0. The summed E-state index contributed by atoms with van der Waals surface area (Å²) in [7, 11) is -3.88. The maximum Gasteiger partial charge on any atom is 0.264 e. The standard InChI is InChI=1S/C7H15NO5S/c9-8-3-4-13-6-7(8)2-1-5-14(10,11)12/h7,9H,1-6H2,(H,10,11,12). The van der Waals surface area contributed by atoms with Crippen LogP contribution < -0.4 is 0 Å². The van der Waals surface area contributed by atoms with Crippen molar-refractivity contribution in [1.82, 2.24) is 5.06 Å². The largest absolute Gasteiger partial charge is 0.378 e. The van der Waals surface area contributed by atoms with E-state index in [1.165, 1.54) is 0 Å². The third kappa shape index (κ3) is 4.34. The summed E-state index contributed by atoms with van der Waals surface area (Å²) in [5, 5.41) is 10.5. The van der Waals surface area contributed by atoms with Gasteiger partial charge in [0.05, 0.1) is 25.0 Å². The molecule has 1 aliphatic heterocycles. The van der Waals surface area contributed by atoms with Gasteiger partial charge in [0.25, 0.3) is 10.1 Å². The van der Waals surface area contributed by atoms with Crippen molar-refractivity contribution in [2.24, 2.45) is 0 Å². The van der Waals surface area contributed by atoms with Crippen LogP contribution in [0.3, 0.4) is 0 Å². The van der Waals surface area contributed by atoms with E-state index in [4.69, 9.17) is 9.29 Å². The predicted octanol–water partition coefficient (Wildman–Crippen LogP) is -0.256. The van der Waals surface area contributed by atoms with Gasteiger partial charge in [-0.1, -0.05) is 0 Å². The van der Waals surface area contributed by atoms with Gasteiger partial charge in [-0.05, 0) is 12.8 Å². The van der Waals surface area contributed by atoms with E-state index in [1.807, 2.05) is 0 Å². The second-order valence-corrected chi connectivity index (χ2v) is 4.89. The summed E-state index contributed by atoms with van der Waals surface area (Å²) < 4.78 is 34.4. The maximum absolute atomic E-state index is 10.4. The lowest BCUT2D eigenvalue weighted by molar-refractivity contribution is -0.182. The third-order valence-electron chi connectivity index (χ3n) is 2.14. The maximum atomic E-state index is 10.4. The average Bonchev–Trinajstić information content (AvgIpc) is 2.06. The molecule has 7 heteroatoms. The van der Waals surface area contributed by atoms with E-state index in [1.54, 1.807) is 0 Å². The van der Waals surface area contributed by atoms with Crippen LogP contribution in [0.15, 0.2) is 0 Å². The Kier molecular flexibility index (Phi) is 4.27. The molecule has 2 N–H and O–H groups in total.